The largest absolute Gasteiger partial charge is 0.377 e. The summed E-state index contributed by atoms with van der Waals surface area (Å²) in [5, 5.41) is 4.45. The minimum Gasteiger partial charge on any atom is -0.377 e. The molecule has 21 heavy (non-hydrogen) atoms. The van der Waals surface area contributed by atoms with Crippen molar-refractivity contribution in [1.82, 2.24) is 4.57 Å². The van der Waals surface area contributed by atoms with Gasteiger partial charge in [-0.1, -0.05) is 42.3 Å². The lowest BCUT2D eigenvalue weighted by molar-refractivity contribution is 0.654. The van der Waals surface area contributed by atoms with E-state index in [9.17, 15) is 4.79 Å². The Hall–Kier alpha value is -1.45. The Morgan fingerprint density at radius 2 is 2.00 bits per heavy atom. The van der Waals surface area contributed by atoms with Crippen LogP contribution in [0.5, 0.6) is 0 Å². The van der Waals surface area contributed by atoms with Gasteiger partial charge in [0.25, 0.3) is 5.56 Å². The molecule has 0 bridgehead atoms. The average molecular weight is 325 g/mol. The van der Waals surface area contributed by atoms with Crippen molar-refractivity contribution in [2.24, 2.45) is 0 Å². The van der Waals surface area contributed by atoms with Crippen molar-refractivity contribution < 1.29 is 0 Å². The molecule has 0 amide bonds. The van der Waals surface area contributed by atoms with Gasteiger partial charge in [-0.15, -0.1) is 0 Å². The van der Waals surface area contributed by atoms with E-state index >= 15 is 0 Å². The highest BCUT2D eigenvalue weighted by Crippen LogP contribution is 2.31. The maximum absolute atomic E-state index is 11.7. The molecule has 112 valence electrons. The van der Waals surface area contributed by atoms with Crippen molar-refractivity contribution >= 4 is 28.9 Å². The van der Waals surface area contributed by atoms with Crippen LogP contribution in [0.25, 0.3) is 0 Å². The van der Waals surface area contributed by atoms with Crippen LogP contribution in [0.2, 0.25) is 10.0 Å². The van der Waals surface area contributed by atoms with Crippen LogP contribution < -0.4 is 10.9 Å². The second-order valence-electron chi connectivity index (χ2n) is 4.96. The first-order chi connectivity index (χ1) is 10.0. The third kappa shape index (κ3) is 3.80. The van der Waals surface area contributed by atoms with Gasteiger partial charge in [-0.05, 0) is 31.0 Å². The standard InChI is InChI=1S/C16H18Cl2N2O/c1-3-9-20-10-12(7-8-15(20)21)19-11(2)13-5-4-6-14(17)16(13)18/h4-8,10-11,19H,3,9H2,1-2H3. The average Bonchev–Trinajstić information content (AvgIpc) is 2.45. The van der Waals surface area contributed by atoms with Crippen LogP contribution in [0.4, 0.5) is 5.69 Å². The molecule has 0 aliphatic carbocycles. The first-order valence-electron chi connectivity index (χ1n) is 6.94. The highest BCUT2D eigenvalue weighted by molar-refractivity contribution is 6.42. The van der Waals surface area contributed by atoms with Gasteiger partial charge >= 0.3 is 0 Å². The Morgan fingerprint density at radius 1 is 1.24 bits per heavy atom. The summed E-state index contributed by atoms with van der Waals surface area (Å²) in [6.45, 7) is 4.76. The number of nitrogens with zero attached hydrogens (tertiary/aromatic N) is 1. The van der Waals surface area contributed by atoms with Crippen LogP contribution in [-0.2, 0) is 6.54 Å². The Kier molecular flexibility index (Phi) is 5.32. The Morgan fingerprint density at radius 3 is 2.71 bits per heavy atom. The van der Waals surface area contributed by atoms with Gasteiger partial charge in [-0.2, -0.15) is 0 Å². The quantitative estimate of drug-likeness (QED) is 0.862. The van der Waals surface area contributed by atoms with Crippen molar-refractivity contribution in [1.29, 1.82) is 0 Å². The normalized spacial score (nSPS) is 12.2. The number of aryl methyl sites for hydroxylation is 1. The van der Waals surface area contributed by atoms with E-state index in [1.807, 2.05) is 32.2 Å². The molecule has 0 fully saturated rings. The molecule has 0 saturated carbocycles. The molecular formula is C16H18Cl2N2O. The lowest BCUT2D eigenvalue weighted by atomic mass is 10.1. The van der Waals surface area contributed by atoms with E-state index in [0.29, 0.717) is 16.6 Å². The van der Waals surface area contributed by atoms with Gasteiger partial charge in [0.1, 0.15) is 0 Å². The summed E-state index contributed by atoms with van der Waals surface area (Å²) in [4.78, 5) is 11.7. The van der Waals surface area contributed by atoms with Crippen molar-refractivity contribution in [3.05, 3.63) is 62.5 Å². The highest BCUT2D eigenvalue weighted by Gasteiger charge is 2.12. The van der Waals surface area contributed by atoms with E-state index in [1.54, 1.807) is 22.8 Å². The third-order valence-electron chi connectivity index (χ3n) is 3.28. The van der Waals surface area contributed by atoms with Gasteiger partial charge in [0.05, 0.1) is 21.8 Å². The predicted octanol–water partition coefficient (Wildman–Crippen LogP) is 4.74. The molecule has 1 aromatic carbocycles. The van der Waals surface area contributed by atoms with Gasteiger partial charge in [0.2, 0.25) is 0 Å². The minimum atomic E-state index is -0.0104. The minimum absolute atomic E-state index is 0.0100. The van der Waals surface area contributed by atoms with Crippen LogP contribution in [0.15, 0.2) is 41.3 Å². The fourth-order valence-corrected chi connectivity index (χ4v) is 2.69. The lowest BCUT2D eigenvalue weighted by Crippen LogP contribution is -2.19. The van der Waals surface area contributed by atoms with Gasteiger partial charge in [-0.25, -0.2) is 0 Å². The zero-order valence-electron chi connectivity index (χ0n) is 12.1. The molecule has 1 atom stereocenters. The number of benzene rings is 1. The molecule has 0 radical (unpaired) electrons. The van der Waals surface area contributed by atoms with Gasteiger partial charge in [0.15, 0.2) is 0 Å². The van der Waals surface area contributed by atoms with E-state index in [1.165, 1.54) is 0 Å². The maximum atomic E-state index is 11.7. The first kappa shape index (κ1) is 15.9. The number of rotatable bonds is 5. The molecule has 1 N–H and O–H groups in total. The molecule has 3 nitrogen and oxygen atoms in total. The van der Waals surface area contributed by atoms with E-state index < -0.39 is 0 Å². The van der Waals surface area contributed by atoms with Gasteiger partial charge in [-0.3, -0.25) is 4.79 Å². The molecule has 5 heteroatoms. The molecule has 0 spiro atoms. The van der Waals surface area contributed by atoms with Crippen LogP contribution in [0, 0.1) is 0 Å². The Labute approximate surface area is 134 Å². The van der Waals surface area contributed by atoms with E-state index in [2.05, 4.69) is 5.32 Å². The third-order valence-corrected chi connectivity index (χ3v) is 4.11. The van der Waals surface area contributed by atoms with Gasteiger partial charge < -0.3 is 9.88 Å². The molecule has 1 aromatic heterocycles. The number of aromatic nitrogens is 1. The van der Waals surface area contributed by atoms with Crippen molar-refractivity contribution in [2.45, 2.75) is 32.9 Å². The van der Waals surface area contributed by atoms with Crippen LogP contribution in [0.1, 0.15) is 31.9 Å². The summed E-state index contributed by atoms with van der Waals surface area (Å²) in [6, 6.07) is 8.92. The number of hydrogen-bond acceptors (Lipinski definition) is 2. The zero-order valence-corrected chi connectivity index (χ0v) is 13.6. The molecule has 1 unspecified atom stereocenters. The number of hydrogen-bond donors (Lipinski definition) is 1. The van der Waals surface area contributed by atoms with E-state index in [0.717, 1.165) is 17.7 Å². The van der Waals surface area contributed by atoms with E-state index in [4.69, 9.17) is 23.2 Å². The summed E-state index contributed by atoms with van der Waals surface area (Å²) < 4.78 is 1.70. The molecule has 0 saturated heterocycles. The SMILES string of the molecule is CCCn1cc(NC(C)c2cccc(Cl)c2Cl)ccc1=O. The van der Waals surface area contributed by atoms with E-state index in [-0.39, 0.29) is 11.6 Å². The fourth-order valence-electron chi connectivity index (χ4n) is 2.22. The van der Waals surface area contributed by atoms with Crippen LogP contribution >= 0.6 is 23.2 Å². The van der Waals surface area contributed by atoms with Crippen LogP contribution in [-0.4, -0.2) is 4.57 Å². The monoisotopic (exact) mass is 324 g/mol. The Bertz CT molecular complexity index is 682. The maximum Gasteiger partial charge on any atom is 0.250 e. The molecule has 1 heterocycles. The predicted molar refractivity (Wildman–Crippen MR) is 89.5 cm³/mol. The summed E-state index contributed by atoms with van der Waals surface area (Å²) in [5.41, 5.74) is 1.82. The molecule has 2 rings (SSSR count). The van der Waals surface area contributed by atoms with Crippen molar-refractivity contribution in [3.8, 4) is 0 Å². The van der Waals surface area contributed by atoms with Crippen molar-refractivity contribution in [2.75, 3.05) is 5.32 Å². The number of nitrogens with one attached hydrogen (secondary N) is 1. The molecule has 0 aliphatic rings. The number of halogens is 2. The molecule has 0 aliphatic heterocycles. The molecular weight excluding hydrogens is 307 g/mol. The Balaban J connectivity index is 2.23. The lowest BCUT2D eigenvalue weighted by Gasteiger charge is -2.18. The zero-order chi connectivity index (χ0) is 15.4. The fraction of sp³-hybridized carbons (Fsp3) is 0.312. The number of anilines is 1. The summed E-state index contributed by atoms with van der Waals surface area (Å²) in [7, 11) is 0. The van der Waals surface area contributed by atoms with Gasteiger partial charge in [0, 0.05) is 18.8 Å². The summed E-state index contributed by atoms with van der Waals surface area (Å²) in [5.74, 6) is 0. The summed E-state index contributed by atoms with van der Waals surface area (Å²) in [6.07, 6.45) is 2.75. The number of pyridine rings is 1. The molecule has 2 aromatic rings. The second kappa shape index (κ2) is 7.01. The topological polar surface area (TPSA) is 34.0 Å². The second-order valence-corrected chi connectivity index (χ2v) is 5.74. The first-order valence-corrected chi connectivity index (χ1v) is 7.69. The van der Waals surface area contributed by atoms with Crippen molar-refractivity contribution in [3.63, 3.8) is 0 Å². The van der Waals surface area contributed by atoms with Crippen LogP contribution in [0.3, 0.4) is 0 Å². The summed E-state index contributed by atoms with van der Waals surface area (Å²) >= 11 is 12.3. The highest BCUT2D eigenvalue weighted by atomic mass is 35.5. The smallest absolute Gasteiger partial charge is 0.250 e.